The van der Waals surface area contributed by atoms with Crippen LogP contribution in [0.1, 0.15) is 50.5 Å². The number of amides is 2. The molecule has 2 N–H and O–H groups in total. The average molecular weight is 303 g/mol. The Hall–Kier alpha value is -1.91. The zero-order valence-corrected chi connectivity index (χ0v) is 13.2. The van der Waals surface area contributed by atoms with Crippen LogP contribution in [0.5, 0.6) is 0 Å². The van der Waals surface area contributed by atoms with E-state index in [1.165, 1.54) is 25.7 Å². The van der Waals surface area contributed by atoms with Crippen molar-refractivity contribution in [2.24, 2.45) is 5.92 Å². The Balaban J connectivity index is 1.57. The number of nitrogens with zero attached hydrogens (tertiary/aromatic N) is 1. The van der Waals surface area contributed by atoms with Crippen LogP contribution in [-0.4, -0.2) is 23.3 Å². The summed E-state index contributed by atoms with van der Waals surface area (Å²) >= 11 is 0. The van der Waals surface area contributed by atoms with Crippen LogP contribution in [0.15, 0.2) is 18.3 Å². The molecule has 0 saturated heterocycles. The molecule has 22 heavy (non-hydrogen) atoms. The number of aryl methyl sites for hydroxylation is 1. The van der Waals surface area contributed by atoms with E-state index in [2.05, 4.69) is 15.6 Å². The van der Waals surface area contributed by atoms with E-state index in [-0.39, 0.29) is 18.2 Å². The molecule has 0 bridgehead atoms. The summed E-state index contributed by atoms with van der Waals surface area (Å²) in [6, 6.07) is 3.67. The highest BCUT2D eigenvalue weighted by Crippen LogP contribution is 2.28. The summed E-state index contributed by atoms with van der Waals surface area (Å²) < 4.78 is 0. The molecular formula is C17H25N3O2. The first-order valence-electron chi connectivity index (χ1n) is 8.12. The van der Waals surface area contributed by atoms with Crippen molar-refractivity contribution in [1.29, 1.82) is 0 Å². The number of rotatable bonds is 7. The number of anilines is 1. The lowest BCUT2D eigenvalue weighted by Gasteiger charge is -2.09. The SMILES string of the molecule is Cc1ccc(NC(=O)CCNC(=O)CCC2CCCC2)nc1. The lowest BCUT2D eigenvalue weighted by Crippen LogP contribution is -2.27. The Labute approximate surface area is 131 Å². The van der Waals surface area contributed by atoms with Gasteiger partial charge in [-0.3, -0.25) is 9.59 Å². The molecule has 1 saturated carbocycles. The second-order valence-corrected chi connectivity index (χ2v) is 6.06. The lowest BCUT2D eigenvalue weighted by molar-refractivity contribution is -0.121. The minimum atomic E-state index is -0.132. The Morgan fingerprint density at radius 1 is 1.18 bits per heavy atom. The zero-order chi connectivity index (χ0) is 15.8. The topological polar surface area (TPSA) is 71.1 Å². The molecule has 120 valence electrons. The minimum Gasteiger partial charge on any atom is -0.356 e. The molecule has 0 aliphatic heterocycles. The molecule has 1 aliphatic carbocycles. The van der Waals surface area contributed by atoms with Crippen LogP contribution in [-0.2, 0) is 9.59 Å². The number of hydrogen-bond donors (Lipinski definition) is 2. The largest absolute Gasteiger partial charge is 0.356 e. The van der Waals surface area contributed by atoms with Gasteiger partial charge in [0.15, 0.2) is 0 Å². The summed E-state index contributed by atoms with van der Waals surface area (Å²) in [5.41, 5.74) is 1.05. The molecule has 2 amide bonds. The van der Waals surface area contributed by atoms with Gasteiger partial charge in [-0.2, -0.15) is 0 Å². The molecule has 0 atom stereocenters. The average Bonchev–Trinajstić information content (AvgIpc) is 3.01. The van der Waals surface area contributed by atoms with Crippen molar-refractivity contribution in [1.82, 2.24) is 10.3 Å². The van der Waals surface area contributed by atoms with Gasteiger partial charge in [0.25, 0.3) is 0 Å². The molecule has 1 fully saturated rings. The van der Waals surface area contributed by atoms with E-state index in [1.807, 2.05) is 13.0 Å². The smallest absolute Gasteiger partial charge is 0.227 e. The molecule has 0 radical (unpaired) electrons. The predicted octanol–water partition coefficient (Wildman–Crippen LogP) is 2.81. The van der Waals surface area contributed by atoms with Gasteiger partial charge in [-0.05, 0) is 30.9 Å². The van der Waals surface area contributed by atoms with Crippen molar-refractivity contribution in [2.45, 2.75) is 51.9 Å². The van der Waals surface area contributed by atoms with E-state index in [1.54, 1.807) is 12.3 Å². The van der Waals surface area contributed by atoms with Gasteiger partial charge in [0, 0.05) is 25.6 Å². The second kappa shape index (κ2) is 8.51. The summed E-state index contributed by atoms with van der Waals surface area (Å²) in [7, 11) is 0. The Morgan fingerprint density at radius 2 is 1.95 bits per heavy atom. The Kier molecular flexibility index (Phi) is 6.37. The molecule has 0 unspecified atom stereocenters. The van der Waals surface area contributed by atoms with Crippen molar-refractivity contribution in [3.63, 3.8) is 0 Å². The van der Waals surface area contributed by atoms with Crippen LogP contribution in [0.2, 0.25) is 0 Å². The summed E-state index contributed by atoms with van der Waals surface area (Å²) in [6.45, 7) is 2.32. The Bertz CT molecular complexity index is 493. The number of carbonyl (C=O) groups excluding carboxylic acids is 2. The van der Waals surface area contributed by atoms with Crippen LogP contribution >= 0.6 is 0 Å². The van der Waals surface area contributed by atoms with Crippen molar-refractivity contribution in [3.05, 3.63) is 23.9 Å². The zero-order valence-electron chi connectivity index (χ0n) is 13.2. The van der Waals surface area contributed by atoms with Crippen LogP contribution in [0.3, 0.4) is 0 Å². The van der Waals surface area contributed by atoms with Gasteiger partial charge in [-0.25, -0.2) is 4.98 Å². The fourth-order valence-corrected chi connectivity index (χ4v) is 2.79. The van der Waals surface area contributed by atoms with E-state index < -0.39 is 0 Å². The maximum atomic E-state index is 11.7. The minimum absolute atomic E-state index is 0.0492. The molecule has 0 aromatic carbocycles. The van der Waals surface area contributed by atoms with E-state index in [0.29, 0.717) is 18.8 Å². The fourth-order valence-electron chi connectivity index (χ4n) is 2.79. The normalized spacial score (nSPS) is 14.8. The number of aromatic nitrogens is 1. The molecule has 5 heteroatoms. The van der Waals surface area contributed by atoms with Crippen molar-refractivity contribution >= 4 is 17.6 Å². The molecule has 1 aromatic rings. The van der Waals surface area contributed by atoms with Gasteiger partial charge in [-0.1, -0.05) is 31.7 Å². The quantitative estimate of drug-likeness (QED) is 0.813. The Morgan fingerprint density at radius 3 is 2.64 bits per heavy atom. The van der Waals surface area contributed by atoms with Crippen LogP contribution in [0, 0.1) is 12.8 Å². The highest BCUT2D eigenvalue weighted by Gasteiger charge is 2.16. The second-order valence-electron chi connectivity index (χ2n) is 6.06. The molecule has 1 heterocycles. The third-order valence-corrected chi connectivity index (χ3v) is 4.11. The first kappa shape index (κ1) is 16.5. The van der Waals surface area contributed by atoms with Crippen LogP contribution in [0.4, 0.5) is 5.82 Å². The summed E-state index contributed by atoms with van der Waals surface area (Å²) in [5.74, 6) is 1.19. The number of carbonyl (C=O) groups is 2. The molecule has 2 rings (SSSR count). The van der Waals surface area contributed by atoms with Crippen LogP contribution in [0.25, 0.3) is 0 Å². The standard InChI is InChI=1S/C17H25N3O2/c1-13-6-8-15(19-12-13)20-17(22)10-11-18-16(21)9-7-14-4-2-3-5-14/h6,8,12,14H,2-5,7,9-11H2,1H3,(H,18,21)(H,19,20,22). The van der Waals surface area contributed by atoms with Crippen molar-refractivity contribution in [3.8, 4) is 0 Å². The van der Waals surface area contributed by atoms with E-state index in [4.69, 9.17) is 0 Å². The number of nitrogens with one attached hydrogen (secondary N) is 2. The van der Waals surface area contributed by atoms with Gasteiger partial charge in [0.05, 0.1) is 0 Å². The van der Waals surface area contributed by atoms with Gasteiger partial charge in [0.1, 0.15) is 5.82 Å². The molecular weight excluding hydrogens is 278 g/mol. The molecule has 1 aromatic heterocycles. The third-order valence-electron chi connectivity index (χ3n) is 4.11. The first-order chi connectivity index (χ1) is 10.6. The third kappa shape index (κ3) is 5.84. The highest BCUT2D eigenvalue weighted by atomic mass is 16.2. The van der Waals surface area contributed by atoms with Gasteiger partial charge in [0.2, 0.25) is 11.8 Å². The highest BCUT2D eigenvalue weighted by molar-refractivity contribution is 5.90. The van der Waals surface area contributed by atoms with Gasteiger partial charge < -0.3 is 10.6 Å². The monoisotopic (exact) mass is 303 g/mol. The lowest BCUT2D eigenvalue weighted by atomic mass is 10.0. The van der Waals surface area contributed by atoms with E-state index in [0.717, 1.165) is 17.9 Å². The summed E-state index contributed by atoms with van der Waals surface area (Å²) in [5, 5.41) is 5.53. The summed E-state index contributed by atoms with van der Waals surface area (Å²) in [4.78, 5) is 27.6. The molecule has 1 aliphatic rings. The molecule has 0 spiro atoms. The number of pyridine rings is 1. The van der Waals surface area contributed by atoms with E-state index >= 15 is 0 Å². The predicted molar refractivity (Wildman–Crippen MR) is 86.4 cm³/mol. The maximum absolute atomic E-state index is 11.7. The molecule has 5 nitrogen and oxygen atoms in total. The van der Waals surface area contributed by atoms with Crippen molar-refractivity contribution < 1.29 is 9.59 Å². The summed E-state index contributed by atoms with van der Waals surface area (Å²) in [6.07, 6.45) is 8.67. The fraction of sp³-hybridized carbons (Fsp3) is 0.588. The van der Waals surface area contributed by atoms with Crippen LogP contribution < -0.4 is 10.6 Å². The number of hydrogen-bond acceptors (Lipinski definition) is 3. The maximum Gasteiger partial charge on any atom is 0.227 e. The van der Waals surface area contributed by atoms with Crippen molar-refractivity contribution in [2.75, 3.05) is 11.9 Å². The van der Waals surface area contributed by atoms with Gasteiger partial charge in [-0.15, -0.1) is 0 Å². The van der Waals surface area contributed by atoms with Gasteiger partial charge >= 0.3 is 0 Å². The first-order valence-corrected chi connectivity index (χ1v) is 8.12. The van der Waals surface area contributed by atoms with E-state index in [9.17, 15) is 9.59 Å².